The highest BCUT2D eigenvalue weighted by Gasteiger charge is 2.10. The molecule has 1 heterocycles. The second kappa shape index (κ2) is 3.76. The summed E-state index contributed by atoms with van der Waals surface area (Å²) in [6.45, 7) is 0. The Hall–Kier alpha value is -1.79. The fourth-order valence-corrected chi connectivity index (χ4v) is 1.63. The summed E-state index contributed by atoms with van der Waals surface area (Å²) in [7, 11) is 1.80. The number of hydrogen-bond donors (Lipinski definition) is 0. The molecule has 74 valence electrons. The number of nitriles is 1. The van der Waals surface area contributed by atoms with Crippen molar-refractivity contribution in [2.24, 2.45) is 7.05 Å². The minimum atomic E-state index is 0.518. The molecule has 3 nitrogen and oxygen atoms in total. The molecule has 0 aliphatic heterocycles. The maximum Gasteiger partial charge on any atom is 0.142 e. The highest BCUT2D eigenvalue weighted by Crippen LogP contribution is 2.26. The number of aromatic nitrogens is 2. The van der Waals surface area contributed by atoms with E-state index in [0.717, 1.165) is 5.56 Å². The van der Waals surface area contributed by atoms with Gasteiger partial charge in [-0.05, 0) is 12.1 Å². The molecule has 1 aromatic heterocycles. The number of rotatable bonds is 1. The van der Waals surface area contributed by atoms with Crippen LogP contribution in [0, 0.1) is 11.3 Å². The van der Waals surface area contributed by atoms with E-state index in [1.807, 2.05) is 18.2 Å². The van der Waals surface area contributed by atoms with Crippen LogP contribution in [0.5, 0.6) is 0 Å². The zero-order chi connectivity index (χ0) is 10.8. The number of benzene rings is 1. The molecular formula is C11H8ClN3. The summed E-state index contributed by atoms with van der Waals surface area (Å²) < 4.78 is 1.72. The molecule has 0 aliphatic rings. The molecule has 0 radical (unpaired) electrons. The molecule has 0 bridgehead atoms. The number of hydrogen-bond acceptors (Lipinski definition) is 2. The van der Waals surface area contributed by atoms with E-state index in [9.17, 15) is 0 Å². The van der Waals surface area contributed by atoms with Crippen LogP contribution in [0.15, 0.2) is 30.5 Å². The molecule has 0 fully saturated rings. The third kappa shape index (κ3) is 1.60. The molecule has 0 aliphatic carbocycles. The topological polar surface area (TPSA) is 41.6 Å². The predicted octanol–water partition coefficient (Wildman–Crippen LogP) is 2.61. The minimum absolute atomic E-state index is 0.518. The number of nitrogens with zero attached hydrogens (tertiary/aromatic N) is 3. The van der Waals surface area contributed by atoms with E-state index in [2.05, 4.69) is 11.1 Å². The van der Waals surface area contributed by atoms with Crippen molar-refractivity contribution in [3.63, 3.8) is 0 Å². The summed E-state index contributed by atoms with van der Waals surface area (Å²) in [6, 6.07) is 9.50. The lowest BCUT2D eigenvalue weighted by Gasteiger charge is -2.03. The Morgan fingerprint density at radius 3 is 2.73 bits per heavy atom. The average molecular weight is 218 g/mol. The average Bonchev–Trinajstić information content (AvgIpc) is 2.60. The van der Waals surface area contributed by atoms with E-state index < -0.39 is 0 Å². The Balaban J connectivity index is 2.61. The Bertz CT molecular complexity index is 537. The van der Waals surface area contributed by atoms with Gasteiger partial charge in [0.2, 0.25) is 0 Å². The smallest absolute Gasteiger partial charge is 0.142 e. The summed E-state index contributed by atoms with van der Waals surface area (Å²) >= 11 is 6.05. The van der Waals surface area contributed by atoms with Crippen molar-refractivity contribution >= 4 is 11.6 Å². The van der Waals surface area contributed by atoms with Gasteiger partial charge in [-0.1, -0.05) is 23.7 Å². The quantitative estimate of drug-likeness (QED) is 0.737. The number of halogens is 1. The van der Waals surface area contributed by atoms with Crippen LogP contribution in [-0.2, 0) is 7.05 Å². The van der Waals surface area contributed by atoms with Gasteiger partial charge in [0, 0.05) is 12.6 Å². The van der Waals surface area contributed by atoms with Crippen LogP contribution >= 0.6 is 11.6 Å². The summed E-state index contributed by atoms with van der Waals surface area (Å²) in [5, 5.41) is 9.44. The molecule has 0 saturated heterocycles. The molecule has 0 N–H and O–H groups in total. The second-order valence-corrected chi connectivity index (χ2v) is 3.52. The van der Waals surface area contributed by atoms with E-state index in [0.29, 0.717) is 16.5 Å². The zero-order valence-corrected chi connectivity index (χ0v) is 8.86. The van der Waals surface area contributed by atoms with Crippen LogP contribution in [0.4, 0.5) is 0 Å². The van der Waals surface area contributed by atoms with Crippen LogP contribution in [0.3, 0.4) is 0 Å². The van der Waals surface area contributed by atoms with Gasteiger partial charge in [0.1, 0.15) is 17.6 Å². The predicted molar refractivity (Wildman–Crippen MR) is 58.4 cm³/mol. The molecule has 0 amide bonds. The molecule has 0 saturated carbocycles. The summed E-state index contributed by atoms with van der Waals surface area (Å²) in [4.78, 5) is 4.17. The van der Waals surface area contributed by atoms with E-state index in [-0.39, 0.29) is 0 Å². The van der Waals surface area contributed by atoms with Gasteiger partial charge >= 0.3 is 0 Å². The maximum absolute atomic E-state index is 8.80. The van der Waals surface area contributed by atoms with Crippen LogP contribution in [0.1, 0.15) is 5.69 Å². The fourth-order valence-electron chi connectivity index (χ4n) is 1.41. The zero-order valence-electron chi connectivity index (χ0n) is 8.11. The molecule has 2 rings (SSSR count). The first-order chi connectivity index (χ1) is 7.24. The first kappa shape index (κ1) is 9.75. The number of imidazole rings is 1. The van der Waals surface area contributed by atoms with Gasteiger partial charge in [0.05, 0.1) is 11.2 Å². The highest BCUT2D eigenvalue weighted by atomic mass is 35.5. The Labute approximate surface area is 92.6 Å². The summed E-state index contributed by atoms with van der Waals surface area (Å²) in [6.07, 6.45) is 1.54. The Kier molecular flexibility index (Phi) is 2.44. The third-order valence-corrected chi connectivity index (χ3v) is 2.55. The highest BCUT2D eigenvalue weighted by molar-refractivity contribution is 6.33. The Morgan fingerprint density at radius 1 is 1.40 bits per heavy atom. The van der Waals surface area contributed by atoms with Gasteiger partial charge < -0.3 is 4.57 Å². The van der Waals surface area contributed by atoms with Gasteiger partial charge in [-0.2, -0.15) is 5.26 Å². The van der Waals surface area contributed by atoms with Crippen molar-refractivity contribution in [2.45, 2.75) is 0 Å². The van der Waals surface area contributed by atoms with E-state index in [4.69, 9.17) is 16.9 Å². The van der Waals surface area contributed by atoms with Crippen LogP contribution in [-0.4, -0.2) is 9.55 Å². The van der Waals surface area contributed by atoms with Crippen molar-refractivity contribution in [1.29, 1.82) is 5.26 Å². The monoisotopic (exact) mass is 217 g/mol. The second-order valence-electron chi connectivity index (χ2n) is 3.12. The molecule has 0 unspecified atom stereocenters. The standard InChI is InChI=1S/C11H8ClN3/c1-15-8(6-13)7-14-11(15)9-4-2-3-5-10(9)12/h2-5,7H,1H3. The Morgan fingerprint density at radius 2 is 2.13 bits per heavy atom. The van der Waals surface area contributed by atoms with E-state index in [1.54, 1.807) is 23.9 Å². The van der Waals surface area contributed by atoms with Gasteiger partial charge in [-0.25, -0.2) is 4.98 Å². The lowest BCUT2D eigenvalue weighted by Crippen LogP contribution is -1.95. The van der Waals surface area contributed by atoms with Crippen molar-refractivity contribution in [3.8, 4) is 17.5 Å². The van der Waals surface area contributed by atoms with Gasteiger partial charge in [0.15, 0.2) is 0 Å². The third-order valence-electron chi connectivity index (χ3n) is 2.22. The normalized spacial score (nSPS) is 9.93. The molecule has 2 aromatic rings. The van der Waals surface area contributed by atoms with Crippen LogP contribution < -0.4 is 0 Å². The van der Waals surface area contributed by atoms with Gasteiger partial charge in [-0.15, -0.1) is 0 Å². The lowest BCUT2D eigenvalue weighted by atomic mass is 10.2. The van der Waals surface area contributed by atoms with Crippen molar-refractivity contribution in [3.05, 3.63) is 41.2 Å². The van der Waals surface area contributed by atoms with Crippen LogP contribution in [0.2, 0.25) is 5.02 Å². The van der Waals surface area contributed by atoms with Crippen molar-refractivity contribution in [2.75, 3.05) is 0 Å². The van der Waals surface area contributed by atoms with E-state index in [1.165, 1.54) is 0 Å². The first-order valence-corrected chi connectivity index (χ1v) is 4.78. The lowest BCUT2D eigenvalue weighted by molar-refractivity contribution is 0.907. The molecule has 4 heteroatoms. The van der Waals surface area contributed by atoms with Gasteiger partial charge in [0.25, 0.3) is 0 Å². The van der Waals surface area contributed by atoms with Crippen molar-refractivity contribution in [1.82, 2.24) is 9.55 Å². The largest absolute Gasteiger partial charge is 0.319 e. The van der Waals surface area contributed by atoms with Gasteiger partial charge in [-0.3, -0.25) is 0 Å². The summed E-state index contributed by atoms with van der Waals surface area (Å²) in [5.41, 5.74) is 1.35. The van der Waals surface area contributed by atoms with Crippen molar-refractivity contribution < 1.29 is 0 Å². The molecular weight excluding hydrogens is 210 g/mol. The molecule has 1 aromatic carbocycles. The fraction of sp³-hybridized carbons (Fsp3) is 0.0909. The maximum atomic E-state index is 8.80. The SMILES string of the molecule is Cn1c(C#N)cnc1-c1ccccc1Cl. The molecule has 15 heavy (non-hydrogen) atoms. The van der Waals surface area contributed by atoms with Crippen LogP contribution in [0.25, 0.3) is 11.4 Å². The molecule has 0 atom stereocenters. The minimum Gasteiger partial charge on any atom is -0.319 e. The first-order valence-electron chi connectivity index (χ1n) is 4.40. The summed E-state index contributed by atoms with van der Waals surface area (Å²) in [5.74, 6) is 0.706. The van der Waals surface area contributed by atoms with E-state index >= 15 is 0 Å². The molecule has 0 spiro atoms.